The normalized spacial score (nSPS) is 10.8. The van der Waals surface area contributed by atoms with Gasteiger partial charge in [-0.05, 0) is 56.7 Å². The van der Waals surface area contributed by atoms with E-state index in [1.165, 1.54) is 43.3 Å². The van der Waals surface area contributed by atoms with Crippen molar-refractivity contribution in [1.29, 1.82) is 0 Å². The third-order valence-electron chi connectivity index (χ3n) is 4.98. The number of benzene rings is 2. The van der Waals surface area contributed by atoms with Gasteiger partial charge in [0.05, 0.1) is 23.7 Å². The van der Waals surface area contributed by atoms with Gasteiger partial charge < -0.3 is 14.8 Å². The van der Waals surface area contributed by atoms with Gasteiger partial charge in [-0.1, -0.05) is 24.3 Å². The summed E-state index contributed by atoms with van der Waals surface area (Å²) in [6.45, 7) is 4.80. The molecule has 0 radical (unpaired) electrons. The van der Waals surface area contributed by atoms with Crippen LogP contribution in [0.3, 0.4) is 0 Å². The number of thiophene rings is 1. The third kappa shape index (κ3) is 6.75. The van der Waals surface area contributed by atoms with E-state index in [0.29, 0.717) is 0 Å². The third-order valence-corrected chi connectivity index (χ3v) is 7.57. The minimum atomic E-state index is -3.89. The van der Waals surface area contributed by atoms with Gasteiger partial charge in [0.2, 0.25) is 0 Å². The molecule has 0 saturated heterocycles. The zero-order valence-electron chi connectivity index (χ0n) is 20.7. The summed E-state index contributed by atoms with van der Waals surface area (Å²) in [4.78, 5) is 50.3. The minimum Gasteiger partial charge on any atom is -0.462 e. The number of ether oxygens (including phenoxy) is 2. The van der Waals surface area contributed by atoms with Gasteiger partial charge in [-0.25, -0.2) is 18.0 Å². The summed E-state index contributed by atoms with van der Waals surface area (Å²) in [6, 6.07) is 13.4. The molecule has 0 spiro atoms. The first kappa shape index (κ1) is 28.3. The lowest BCUT2D eigenvalue weighted by atomic mass is 10.1. The molecule has 0 saturated carbocycles. The number of hydrogen-bond acceptors (Lipinski definition) is 9. The zero-order valence-corrected chi connectivity index (χ0v) is 22.3. The molecule has 3 rings (SSSR count). The van der Waals surface area contributed by atoms with Crippen LogP contribution >= 0.6 is 11.3 Å². The second-order valence-corrected chi connectivity index (χ2v) is 10.3. The maximum Gasteiger partial charge on any atom is 0.414 e. The average molecular weight is 560 g/mol. The number of esters is 1. The number of amides is 3. The van der Waals surface area contributed by atoms with E-state index in [-0.39, 0.29) is 50.4 Å². The quantitative estimate of drug-likeness (QED) is 0.330. The number of hydrogen-bond donors (Lipinski definition) is 3. The molecular formula is C25H25N3O8S2. The Kier molecular flexibility index (Phi) is 9.20. The summed E-state index contributed by atoms with van der Waals surface area (Å²) in [6.07, 6.45) is -0.989. The Bertz CT molecular complexity index is 1470. The molecule has 11 nitrogen and oxygen atoms in total. The molecular weight excluding hydrogens is 534 g/mol. The van der Waals surface area contributed by atoms with Crippen LogP contribution in [0.25, 0.3) is 0 Å². The minimum absolute atomic E-state index is 0.00683. The smallest absolute Gasteiger partial charge is 0.414 e. The maximum atomic E-state index is 13.1. The van der Waals surface area contributed by atoms with Crippen molar-refractivity contribution >= 4 is 55.9 Å². The molecule has 0 aliphatic heterocycles. The largest absolute Gasteiger partial charge is 0.462 e. The number of carbonyl (C=O) groups excluding carboxylic acids is 4. The lowest BCUT2D eigenvalue weighted by Crippen LogP contribution is -2.32. The van der Waals surface area contributed by atoms with E-state index in [0.717, 1.165) is 11.3 Å². The predicted octanol–water partition coefficient (Wildman–Crippen LogP) is 4.17. The lowest BCUT2D eigenvalue weighted by molar-refractivity contribution is 0.0531. The van der Waals surface area contributed by atoms with Crippen molar-refractivity contribution in [3.05, 3.63) is 76.2 Å². The fourth-order valence-electron chi connectivity index (χ4n) is 3.30. The first-order valence-corrected chi connectivity index (χ1v) is 13.6. The van der Waals surface area contributed by atoms with E-state index in [1.807, 2.05) is 0 Å². The molecule has 13 heteroatoms. The van der Waals surface area contributed by atoms with Crippen molar-refractivity contribution in [2.45, 2.75) is 25.7 Å². The standard InChI is InChI=1S/C25H25N3O8S2/c1-4-35-24(31)20-15(3)19(22(30)27-25(32)36-5-2)23(37-20)26-21(29)16-10-9-11-17(14-16)28-38(33,34)18-12-7-6-8-13-18/h6-14,28H,4-5H2,1-3H3,(H,26,29)(H,27,30,32). The van der Waals surface area contributed by atoms with E-state index in [4.69, 9.17) is 9.47 Å². The van der Waals surface area contributed by atoms with Crippen LogP contribution < -0.4 is 15.4 Å². The SMILES string of the molecule is CCOC(=O)NC(=O)c1c(NC(=O)c2cccc(NS(=O)(=O)c3ccccc3)c2)sc(C(=O)OCC)c1C. The Morgan fingerprint density at radius 3 is 2.24 bits per heavy atom. The molecule has 0 aliphatic carbocycles. The van der Waals surface area contributed by atoms with Gasteiger partial charge in [0.15, 0.2) is 0 Å². The number of carbonyl (C=O) groups is 4. The van der Waals surface area contributed by atoms with E-state index in [2.05, 4.69) is 15.4 Å². The van der Waals surface area contributed by atoms with Crippen molar-refractivity contribution in [3.8, 4) is 0 Å². The highest BCUT2D eigenvalue weighted by atomic mass is 32.2. The maximum absolute atomic E-state index is 13.1. The van der Waals surface area contributed by atoms with E-state index in [9.17, 15) is 27.6 Å². The highest BCUT2D eigenvalue weighted by Crippen LogP contribution is 2.34. The topological polar surface area (TPSA) is 157 Å². The van der Waals surface area contributed by atoms with Gasteiger partial charge in [0, 0.05) is 11.3 Å². The first-order valence-electron chi connectivity index (χ1n) is 11.3. The number of sulfonamides is 1. The van der Waals surface area contributed by atoms with Crippen LogP contribution in [0.1, 0.15) is 49.8 Å². The molecule has 1 heterocycles. The summed E-state index contributed by atoms with van der Waals surface area (Å²) in [5.41, 5.74) is 0.297. The Balaban J connectivity index is 1.90. The van der Waals surface area contributed by atoms with E-state index < -0.39 is 33.9 Å². The summed E-state index contributed by atoms with van der Waals surface area (Å²) in [5, 5.41) is 4.62. The van der Waals surface area contributed by atoms with Crippen LogP contribution in [0.4, 0.5) is 15.5 Å². The Hall–Kier alpha value is -4.23. The molecule has 2 aromatic carbocycles. The lowest BCUT2D eigenvalue weighted by Gasteiger charge is -2.10. The van der Waals surface area contributed by atoms with Crippen molar-refractivity contribution in [2.24, 2.45) is 0 Å². The highest BCUT2D eigenvalue weighted by Gasteiger charge is 2.28. The van der Waals surface area contributed by atoms with Crippen LogP contribution in [0.2, 0.25) is 0 Å². The van der Waals surface area contributed by atoms with Gasteiger partial charge in [-0.2, -0.15) is 0 Å². The van der Waals surface area contributed by atoms with Crippen LogP contribution in [-0.2, 0) is 19.5 Å². The summed E-state index contributed by atoms with van der Waals surface area (Å²) in [5.74, 6) is -2.27. The van der Waals surface area contributed by atoms with Gasteiger partial charge in [0.1, 0.15) is 9.88 Å². The number of rotatable bonds is 9. The second kappa shape index (κ2) is 12.3. The second-order valence-electron chi connectivity index (χ2n) is 7.61. The van der Waals surface area contributed by atoms with E-state index in [1.54, 1.807) is 32.0 Å². The summed E-state index contributed by atoms with van der Waals surface area (Å²) >= 11 is 0.806. The monoisotopic (exact) mass is 559 g/mol. The molecule has 38 heavy (non-hydrogen) atoms. The number of imide groups is 1. The molecule has 0 unspecified atom stereocenters. The molecule has 3 N–H and O–H groups in total. The number of nitrogens with one attached hydrogen (secondary N) is 3. The number of alkyl carbamates (subject to hydrolysis) is 1. The molecule has 3 aromatic rings. The molecule has 0 fully saturated rings. The zero-order chi connectivity index (χ0) is 27.9. The molecule has 0 aliphatic rings. The summed E-state index contributed by atoms with van der Waals surface area (Å²) < 4.78 is 37.5. The number of anilines is 2. The fraction of sp³-hybridized carbons (Fsp3) is 0.200. The average Bonchev–Trinajstić information content (AvgIpc) is 3.20. The van der Waals surface area contributed by atoms with E-state index >= 15 is 0 Å². The van der Waals surface area contributed by atoms with Crippen LogP contribution in [0.5, 0.6) is 0 Å². The van der Waals surface area contributed by atoms with Gasteiger partial charge in [-0.15, -0.1) is 11.3 Å². The van der Waals surface area contributed by atoms with Crippen LogP contribution in [0.15, 0.2) is 59.5 Å². The Morgan fingerprint density at radius 1 is 0.895 bits per heavy atom. The Morgan fingerprint density at radius 2 is 1.58 bits per heavy atom. The van der Waals surface area contributed by atoms with Crippen molar-refractivity contribution in [3.63, 3.8) is 0 Å². The van der Waals surface area contributed by atoms with Crippen LogP contribution in [0, 0.1) is 6.92 Å². The molecule has 200 valence electrons. The fourth-order valence-corrected chi connectivity index (χ4v) is 5.47. The molecule has 0 atom stereocenters. The summed E-state index contributed by atoms with van der Waals surface area (Å²) in [7, 11) is -3.89. The molecule has 3 amide bonds. The van der Waals surface area contributed by atoms with Gasteiger partial charge in [-0.3, -0.25) is 19.6 Å². The first-order chi connectivity index (χ1) is 18.1. The van der Waals surface area contributed by atoms with Crippen molar-refractivity contribution < 1.29 is 37.1 Å². The molecule has 1 aromatic heterocycles. The van der Waals surface area contributed by atoms with Gasteiger partial charge >= 0.3 is 12.1 Å². The highest BCUT2D eigenvalue weighted by molar-refractivity contribution is 7.92. The Labute approximate surface area is 223 Å². The molecule has 0 bridgehead atoms. The van der Waals surface area contributed by atoms with Crippen molar-refractivity contribution in [2.75, 3.05) is 23.3 Å². The van der Waals surface area contributed by atoms with Crippen molar-refractivity contribution in [1.82, 2.24) is 5.32 Å². The predicted molar refractivity (Wildman–Crippen MR) is 141 cm³/mol. The van der Waals surface area contributed by atoms with Crippen LogP contribution in [-0.4, -0.2) is 45.5 Å². The van der Waals surface area contributed by atoms with Gasteiger partial charge in [0.25, 0.3) is 21.8 Å².